The summed E-state index contributed by atoms with van der Waals surface area (Å²) in [6.07, 6.45) is 2.62. The van der Waals surface area contributed by atoms with Crippen molar-refractivity contribution in [2.45, 2.75) is 57.3 Å². The lowest BCUT2D eigenvalue weighted by atomic mass is 9.94. The van der Waals surface area contributed by atoms with Gasteiger partial charge in [-0.2, -0.15) is 0 Å². The van der Waals surface area contributed by atoms with E-state index < -0.39 is 6.10 Å². The number of benzene rings is 2. The van der Waals surface area contributed by atoms with E-state index in [-0.39, 0.29) is 30.4 Å². The second kappa shape index (κ2) is 12.2. The lowest BCUT2D eigenvalue weighted by Gasteiger charge is -2.43. The minimum atomic E-state index is -0.646. The molecule has 5 heterocycles. The van der Waals surface area contributed by atoms with E-state index in [0.29, 0.717) is 43.4 Å². The van der Waals surface area contributed by atoms with E-state index in [1.165, 1.54) is 11.1 Å². The van der Waals surface area contributed by atoms with Crippen LogP contribution in [0.1, 0.15) is 47.8 Å². The summed E-state index contributed by atoms with van der Waals surface area (Å²) in [6.45, 7) is 5.51. The molecule has 11 heteroatoms. The van der Waals surface area contributed by atoms with Crippen molar-refractivity contribution in [3.63, 3.8) is 0 Å². The van der Waals surface area contributed by atoms with E-state index in [4.69, 9.17) is 9.97 Å². The Morgan fingerprint density at radius 1 is 0.955 bits per heavy atom. The highest BCUT2D eigenvalue weighted by molar-refractivity contribution is 7.16. The first kappa shape index (κ1) is 28.8. The summed E-state index contributed by atoms with van der Waals surface area (Å²) in [4.78, 5) is 45.9. The SMILES string of the molecule is CC(=O)N1CCC(Nc2cc(C(=O)N3CC[C@@H](N4CCc5ccccc5C4)[C@H](O)C3)nc(-c3cccc4scnc34)n2)CC1. The zero-order valence-corrected chi connectivity index (χ0v) is 25.7. The molecule has 2 aromatic heterocycles. The smallest absolute Gasteiger partial charge is 0.272 e. The monoisotopic (exact) mass is 611 g/mol. The molecule has 2 saturated heterocycles. The molecule has 0 unspecified atom stereocenters. The fourth-order valence-electron chi connectivity index (χ4n) is 6.86. The zero-order valence-electron chi connectivity index (χ0n) is 24.9. The van der Waals surface area contributed by atoms with Crippen LogP contribution in [0.5, 0.6) is 0 Å². The highest BCUT2D eigenvalue weighted by Crippen LogP contribution is 2.30. The summed E-state index contributed by atoms with van der Waals surface area (Å²) >= 11 is 1.55. The van der Waals surface area contributed by atoms with Gasteiger partial charge < -0.3 is 20.2 Å². The molecule has 3 aliphatic heterocycles. The van der Waals surface area contributed by atoms with Crippen LogP contribution in [0.15, 0.2) is 54.0 Å². The maximum Gasteiger partial charge on any atom is 0.272 e. The summed E-state index contributed by atoms with van der Waals surface area (Å²) in [6, 6.07) is 16.3. The number of hydrogen-bond donors (Lipinski definition) is 2. The molecule has 2 aromatic carbocycles. The number of hydrogen-bond acceptors (Lipinski definition) is 9. The molecule has 4 aromatic rings. The average molecular weight is 612 g/mol. The number of carbonyl (C=O) groups excluding carboxylic acids is 2. The van der Waals surface area contributed by atoms with Gasteiger partial charge in [-0.1, -0.05) is 30.3 Å². The van der Waals surface area contributed by atoms with Crippen molar-refractivity contribution in [3.8, 4) is 11.4 Å². The number of β-amino-alcohol motifs (C(OH)–C–C–N with tert-alkyl or cyclic N) is 1. The van der Waals surface area contributed by atoms with Crippen LogP contribution in [0.3, 0.4) is 0 Å². The van der Waals surface area contributed by atoms with E-state index in [0.717, 1.165) is 48.1 Å². The van der Waals surface area contributed by atoms with Crippen LogP contribution in [-0.2, 0) is 17.8 Å². The predicted octanol–water partition coefficient (Wildman–Crippen LogP) is 3.81. The zero-order chi connectivity index (χ0) is 30.2. The highest BCUT2D eigenvalue weighted by atomic mass is 32.1. The lowest BCUT2D eigenvalue weighted by Crippen LogP contribution is -2.56. The van der Waals surface area contributed by atoms with Crippen molar-refractivity contribution < 1.29 is 14.7 Å². The first-order valence-electron chi connectivity index (χ1n) is 15.4. The van der Waals surface area contributed by atoms with Crippen molar-refractivity contribution >= 4 is 39.2 Å². The number of likely N-dealkylation sites (tertiary alicyclic amines) is 2. The minimum Gasteiger partial charge on any atom is -0.390 e. The van der Waals surface area contributed by atoms with Crippen LogP contribution in [0.4, 0.5) is 5.82 Å². The van der Waals surface area contributed by atoms with Crippen LogP contribution in [-0.4, -0.2) is 97.5 Å². The number of amides is 2. The average Bonchev–Trinajstić information content (AvgIpc) is 3.54. The number of anilines is 1. The Kier molecular flexibility index (Phi) is 8.00. The number of carbonyl (C=O) groups is 2. The molecule has 0 spiro atoms. The number of thiazole rings is 1. The van der Waals surface area contributed by atoms with Crippen LogP contribution >= 0.6 is 11.3 Å². The van der Waals surface area contributed by atoms with Gasteiger partial charge in [-0.25, -0.2) is 15.0 Å². The number of piperidine rings is 2. The summed E-state index contributed by atoms with van der Waals surface area (Å²) in [5.74, 6) is 0.899. The molecule has 7 rings (SSSR count). The van der Waals surface area contributed by atoms with Crippen molar-refractivity contribution in [1.82, 2.24) is 29.7 Å². The molecule has 2 N–H and O–H groups in total. The molecule has 0 aliphatic carbocycles. The van der Waals surface area contributed by atoms with Gasteiger partial charge in [0, 0.05) is 69.9 Å². The van der Waals surface area contributed by atoms with E-state index >= 15 is 0 Å². The van der Waals surface area contributed by atoms with Gasteiger partial charge in [0.15, 0.2) is 5.82 Å². The predicted molar refractivity (Wildman–Crippen MR) is 170 cm³/mol. The minimum absolute atomic E-state index is 0.00808. The van der Waals surface area contributed by atoms with Gasteiger partial charge >= 0.3 is 0 Å². The quantitative estimate of drug-likeness (QED) is 0.350. The fourth-order valence-corrected chi connectivity index (χ4v) is 7.56. The maximum atomic E-state index is 14.0. The second-order valence-corrected chi connectivity index (χ2v) is 12.9. The van der Waals surface area contributed by atoms with Gasteiger partial charge in [0.1, 0.15) is 11.5 Å². The number of aromatic nitrogens is 3. The fraction of sp³-hybridized carbons (Fsp3) is 0.424. The number of aliphatic hydroxyl groups excluding tert-OH is 1. The molecule has 2 fully saturated rings. The lowest BCUT2D eigenvalue weighted by molar-refractivity contribution is -0.129. The summed E-state index contributed by atoms with van der Waals surface area (Å²) in [7, 11) is 0. The van der Waals surface area contributed by atoms with Crippen molar-refractivity contribution in [2.75, 3.05) is 38.0 Å². The van der Waals surface area contributed by atoms with Crippen LogP contribution in [0.2, 0.25) is 0 Å². The van der Waals surface area contributed by atoms with Crippen molar-refractivity contribution in [1.29, 1.82) is 0 Å². The summed E-state index contributed by atoms with van der Waals surface area (Å²) in [5, 5.41) is 14.8. The molecule has 0 radical (unpaired) electrons. The Morgan fingerprint density at radius 2 is 1.75 bits per heavy atom. The van der Waals surface area contributed by atoms with Gasteiger partial charge in [-0.05, 0) is 48.9 Å². The molecular weight excluding hydrogens is 574 g/mol. The van der Waals surface area contributed by atoms with Gasteiger partial charge in [0.2, 0.25) is 5.91 Å². The first-order chi connectivity index (χ1) is 21.4. The Bertz CT molecular complexity index is 1680. The molecule has 228 valence electrons. The Labute approximate surface area is 260 Å². The molecule has 2 atom stereocenters. The highest BCUT2D eigenvalue weighted by Gasteiger charge is 2.36. The maximum absolute atomic E-state index is 14.0. The molecule has 10 nitrogen and oxygen atoms in total. The van der Waals surface area contributed by atoms with Gasteiger partial charge in [0.05, 0.1) is 21.8 Å². The number of rotatable bonds is 5. The van der Waals surface area contributed by atoms with Gasteiger partial charge in [-0.15, -0.1) is 11.3 Å². The number of para-hydroxylation sites is 1. The molecule has 3 aliphatic rings. The van der Waals surface area contributed by atoms with E-state index in [1.54, 1.807) is 34.7 Å². The standard InChI is InChI=1S/C33H37N7O3S/c1-21(41)38-14-10-24(11-15-38)35-30-17-26(36-32(37-30)25-7-4-8-29-31(25)34-20-44-29)33(43)40-16-12-27(28(42)19-40)39-13-9-22-5-2-3-6-23(22)18-39/h2-8,17,20,24,27-28,42H,9-16,18-19H2,1H3,(H,35,36,37)/t27-,28-/m1/s1. The molecule has 2 amide bonds. The number of fused-ring (bicyclic) bond motifs is 2. The van der Waals surface area contributed by atoms with Crippen LogP contribution < -0.4 is 5.32 Å². The van der Waals surface area contributed by atoms with Crippen molar-refractivity contribution in [3.05, 3.63) is 70.9 Å². The largest absolute Gasteiger partial charge is 0.390 e. The third kappa shape index (κ3) is 5.79. The number of nitrogens with zero attached hydrogens (tertiary/aromatic N) is 6. The summed E-state index contributed by atoms with van der Waals surface area (Å²) in [5.41, 5.74) is 6.38. The third-order valence-electron chi connectivity index (χ3n) is 9.30. The molecule has 0 saturated carbocycles. The van der Waals surface area contributed by atoms with Crippen LogP contribution in [0.25, 0.3) is 21.6 Å². The van der Waals surface area contributed by atoms with Crippen LogP contribution in [0, 0.1) is 0 Å². The normalized spacial score (nSPS) is 21.3. The molecule has 0 bridgehead atoms. The van der Waals surface area contributed by atoms with E-state index in [2.05, 4.69) is 39.5 Å². The molecule has 44 heavy (non-hydrogen) atoms. The van der Waals surface area contributed by atoms with E-state index in [1.807, 2.05) is 23.1 Å². The molecular formula is C33H37N7O3S. The second-order valence-electron chi connectivity index (χ2n) is 12.1. The Balaban J connectivity index is 1.12. The Hall–Kier alpha value is -3.93. The number of nitrogens with one attached hydrogen (secondary N) is 1. The van der Waals surface area contributed by atoms with Gasteiger partial charge in [-0.3, -0.25) is 14.5 Å². The van der Waals surface area contributed by atoms with E-state index in [9.17, 15) is 14.7 Å². The summed E-state index contributed by atoms with van der Waals surface area (Å²) < 4.78 is 1.03. The van der Waals surface area contributed by atoms with Crippen molar-refractivity contribution in [2.24, 2.45) is 0 Å². The topological polar surface area (TPSA) is 115 Å². The van der Waals surface area contributed by atoms with Gasteiger partial charge in [0.25, 0.3) is 5.91 Å². The Morgan fingerprint density at radius 3 is 2.55 bits per heavy atom. The third-order valence-corrected chi connectivity index (χ3v) is 10.1. The first-order valence-corrected chi connectivity index (χ1v) is 16.3. The number of aliphatic hydroxyl groups is 1.